The van der Waals surface area contributed by atoms with Crippen LogP contribution in [0.2, 0.25) is 0 Å². The van der Waals surface area contributed by atoms with Gasteiger partial charge in [-0.15, -0.1) is 11.3 Å². The summed E-state index contributed by atoms with van der Waals surface area (Å²) in [6, 6.07) is 8.99. The molecule has 5 heteroatoms. The monoisotopic (exact) mass is 296 g/mol. The van der Waals surface area contributed by atoms with Gasteiger partial charge in [-0.25, -0.2) is 0 Å². The number of nitrogens with zero attached hydrogens (tertiary/aromatic N) is 2. The van der Waals surface area contributed by atoms with E-state index in [9.17, 15) is 9.59 Å². The van der Waals surface area contributed by atoms with Crippen LogP contribution >= 0.6 is 11.3 Å². The molecule has 0 unspecified atom stereocenters. The van der Waals surface area contributed by atoms with Gasteiger partial charge in [0.25, 0.3) is 11.8 Å². The molecule has 21 heavy (non-hydrogen) atoms. The number of thiophene rings is 1. The van der Waals surface area contributed by atoms with Crippen LogP contribution in [0.15, 0.2) is 40.7 Å². The number of benzene rings is 1. The molecule has 0 bridgehead atoms. The molecular formula is C16H12N2O2S. The molecule has 104 valence electrons. The van der Waals surface area contributed by atoms with Crippen LogP contribution in [0.4, 0.5) is 0 Å². The fraction of sp³-hybridized carbons (Fsp3) is 0.188. The maximum Gasteiger partial charge on any atom is 0.261 e. The van der Waals surface area contributed by atoms with Crippen LogP contribution in [0.3, 0.4) is 0 Å². The van der Waals surface area contributed by atoms with E-state index in [1.54, 1.807) is 35.6 Å². The Bertz CT molecular complexity index is 756. The van der Waals surface area contributed by atoms with Crippen molar-refractivity contribution in [2.24, 2.45) is 4.99 Å². The molecule has 4 nitrogen and oxygen atoms in total. The van der Waals surface area contributed by atoms with Gasteiger partial charge in [-0.05, 0) is 23.6 Å². The van der Waals surface area contributed by atoms with Crippen molar-refractivity contribution in [1.82, 2.24) is 4.90 Å². The normalized spacial score (nSPS) is 16.8. The van der Waals surface area contributed by atoms with Gasteiger partial charge in [-0.2, -0.15) is 0 Å². The van der Waals surface area contributed by atoms with Crippen molar-refractivity contribution in [2.75, 3.05) is 13.1 Å². The minimum Gasteiger partial charge on any atom is -0.287 e. The molecule has 2 aromatic rings. The molecule has 1 aromatic carbocycles. The predicted octanol–water partition coefficient (Wildman–Crippen LogP) is 2.39. The number of aliphatic imine (C=N–C) groups is 1. The summed E-state index contributed by atoms with van der Waals surface area (Å²) in [4.78, 5) is 31.9. The summed E-state index contributed by atoms with van der Waals surface area (Å²) in [6.45, 7) is 0.988. The zero-order valence-electron chi connectivity index (χ0n) is 11.2. The van der Waals surface area contributed by atoms with Crippen molar-refractivity contribution in [1.29, 1.82) is 0 Å². The summed E-state index contributed by atoms with van der Waals surface area (Å²) in [5.74, 6) is -0.443. The molecule has 3 heterocycles. The lowest BCUT2D eigenvalue weighted by molar-refractivity contribution is 0.0677. The Balaban J connectivity index is 1.67. The third kappa shape index (κ3) is 1.85. The molecule has 1 aromatic heterocycles. The van der Waals surface area contributed by atoms with Crippen molar-refractivity contribution in [2.45, 2.75) is 6.42 Å². The van der Waals surface area contributed by atoms with Gasteiger partial charge in [-0.3, -0.25) is 19.5 Å². The fourth-order valence-corrected chi connectivity index (χ4v) is 3.73. The van der Waals surface area contributed by atoms with E-state index in [0.29, 0.717) is 11.1 Å². The topological polar surface area (TPSA) is 49.7 Å². The zero-order valence-corrected chi connectivity index (χ0v) is 12.0. The maximum atomic E-state index is 12.4. The highest BCUT2D eigenvalue weighted by molar-refractivity contribution is 7.10. The molecule has 0 aliphatic carbocycles. The first-order valence-corrected chi connectivity index (χ1v) is 7.69. The van der Waals surface area contributed by atoms with Crippen LogP contribution in [-0.2, 0) is 6.42 Å². The summed E-state index contributed by atoms with van der Waals surface area (Å²) in [6.07, 6.45) is 0.943. The number of hydrogen-bond acceptors (Lipinski definition) is 4. The second-order valence-electron chi connectivity index (χ2n) is 5.08. The molecular weight excluding hydrogens is 284 g/mol. The minimum absolute atomic E-state index is 0.222. The Morgan fingerprint density at radius 2 is 1.76 bits per heavy atom. The average Bonchev–Trinajstić information content (AvgIpc) is 3.08. The summed E-state index contributed by atoms with van der Waals surface area (Å²) >= 11 is 1.71. The number of carbonyl (C=O) groups excluding carboxylic acids is 2. The maximum absolute atomic E-state index is 12.4. The largest absolute Gasteiger partial charge is 0.287 e. The highest BCUT2D eigenvalue weighted by Gasteiger charge is 2.36. The fourth-order valence-electron chi connectivity index (χ4n) is 2.84. The van der Waals surface area contributed by atoms with Crippen molar-refractivity contribution < 1.29 is 9.59 Å². The van der Waals surface area contributed by atoms with Crippen LogP contribution in [0.25, 0.3) is 0 Å². The molecule has 0 saturated heterocycles. The second kappa shape index (κ2) is 4.63. The first kappa shape index (κ1) is 12.5. The van der Waals surface area contributed by atoms with Gasteiger partial charge >= 0.3 is 0 Å². The molecule has 4 rings (SSSR count). The van der Waals surface area contributed by atoms with Crippen molar-refractivity contribution in [3.63, 3.8) is 0 Å². The Morgan fingerprint density at radius 3 is 2.48 bits per heavy atom. The van der Waals surface area contributed by atoms with E-state index in [2.05, 4.69) is 4.99 Å². The highest BCUT2D eigenvalue weighted by atomic mass is 32.1. The molecule has 0 radical (unpaired) electrons. The van der Waals surface area contributed by atoms with Gasteiger partial charge in [0.15, 0.2) is 0 Å². The van der Waals surface area contributed by atoms with E-state index in [1.165, 1.54) is 9.78 Å². The summed E-state index contributed by atoms with van der Waals surface area (Å²) in [5, 5.41) is 2.04. The predicted molar refractivity (Wildman–Crippen MR) is 81.2 cm³/mol. The Hall–Kier alpha value is -2.27. The minimum atomic E-state index is -0.222. The molecule has 0 saturated carbocycles. The summed E-state index contributed by atoms with van der Waals surface area (Å²) in [7, 11) is 0. The number of amides is 2. The van der Waals surface area contributed by atoms with Crippen molar-refractivity contribution in [3.8, 4) is 0 Å². The van der Waals surface area contributed by atoms with Crippen molar-refractivity contribution in [3.05, 3.63) is 57.3 Å². The number of hydrogen-bond donors (Lipinski definition) is 0. The zero-order chi connectivity index (χ0) is 14.4. The highest BCUT2D eigenvalue weighted by Crippen LogP contribution is 2.26. The Labute approximate surface area is 125 Å². The van der Waals surface area contributed by atoms with Crippen LogP contribution in [0.1, 0.15) is 31.2 Å². The van der Waals surface area contributed by atoms with Gasteiger partial charge < -0.3 is 0 Å². The third-order valence-corrected chi connectivity index (χ3v) is 4.86. The van der Waals surface area contributed by atoms with E-state index in [1.807, 2.05) is 11.4 Å². The number of fused-ring (bicyclic) bond motifs is 2. The van der Waals surface area contributed by atoms with E-state index < -0.39 is 0 Å². The van der Waals surface area contributed by atoms with Crippen molar-refractivity contribution >= 4 is 28.9 Å². The lowest BCUT2D eigenvalue weighted by atomic mass is 10.1. The average molecular weight is 296 g/mol. The third-order valence-electron chi connectivity index (χ3n) is 3.88. The molecule has 2 aliphatic rings. The summed E-state index contributed by atoms with van der Waals surface area (Å²) < 4.78 is 0. The molecule has 0 spiro atoms. The van der Waals surface area contributed by atoms with Gasteiger partial charge in [0, 0.05) is 23.4 Å². The van der Waals surface area contributed by atoms with E-state index in [4.69, 9.17) is 0 Å². The van der Waals surface area contributed by atoms with Gasteiger partial charge in [-0.1, -0.05) is 12.1 Å². The molecule has 2 aliphatic heterocycles. The Kier molecular flexibility index (Phi) is 2.75. The van der Waals surface area contributed by atoms with Crippen LogP contribution in [0, 0.1) is 0 Å². The lowest BCUT2D eigenvalue weighted by Crippen LogP contribution is -2.36. The lowest BCUT2D eigenvalue weighted by Gasteiger charge is -2.18. The van der Waals surface area contributed by atoms with Gasteiger partial charge in [0.05, 0.1) is 23.4 Å². The standard InChI is InChI=1S/C16H12N2O2S/c19-15-10-3-1-2-4-11(10)16(20)18(15)9-13-12-6-8-21-14(12)5-7-17-13/h1-4,6,8H,5,7,9H2. The molecule has 0 fully saturated rings. The first-order chi connectivity index (χ1) is 10.3. The van der Waals surface area contributed by atoms with Gasteiger partial charge in [0.1, 0.15) is 0 Å². The quantitative estimate of drug-likeness (QED) is 0.799. The summed E-state index contributed by atoms with van der Waals surface area (Å²) in [5.41, 5.74) is 2.91. The number of carbonyl (C=O) groups is 2. The van der Waals surface area contributed by atoms with E-state index in [0.717, 1.165) is 24.2 Å². The van der Waals surface area contributed by atoms with E-state index in [-0.39, 0.29) is 18.4 Å². The first-order valence-electron chi connectivity index (χ1n) is 6.81. The smallest absolute Gasteiger partial charge is 0.261 e. The van der Waals surface area contributed by atoms with Crippen LogP contribution < -0.4 is 0 Å². The van der Waals surface area contributed by atoms with Crippen LogP contribution in [0.5, 0.6) is 0 Å². The van der Waals surface area contributed by atoms with Crippen LogP contribution in [-0.4, -0.2) is 35.5 Å². The molecule has 0 N–H and O–H groups in total. The molecule has 0 atom stereocenters. The number of imide groups is 1. The van der Waals surface area contributed by atoms with Gasteiger partial charge in [0.2, 0.25) is 0 Å². The second-order valence-corrected chi connectivity index (χ2v) is 6.08. The van der Waals surface area contributed by atoms with E-state index >= 15 is 0 Å². The molecule has 2 amide bonds. The SMILES string of the molecule is O=C1c2ccccc2C(=O)N1CC1=NCCc2sccc21. The Morgan fingerprint density at radius 1 is 1.05 bits per heavy atom. The number of rotatable bonds is 2.